The number of rotatable bonds is 4. The van der Waals surface area contributed by atoms with Gasteiger partial charge in [0.1, 0.15) is 0 Å². The van der Waals surface area contributed by atoms with Crippen LogP contribution in [-0.4, -0.2) is 45.4 Å². The minimum Gasteiger partial charge on any atom is -0.465 e. The smallest absolute Gasteiger partial charge is 0.337 e. The SMILES string of the molecule is COC(=O)c1ccc(S(=O)(=O)N2CCC(CN)C2)c(C)c1. The molecule has 116 valence electrons. The minimum absolute atomic E-state index is 0.217. The first-order chi connectivity index (χ1) is 9.90. The molecule has 1 aromatic carbocycles. The van der Waals surface area contributed by atoms with Crippen molar-refractivity contribution in [2.75, 3.05) is 26.7 Å². The van der Waals surface area contributed by atoms with E-state index in [4.69, 9.17) is 5.73 Å². The number of carbonyl (C=O) groups excluding carboxylic acids is 1. The van der Waals surface area contributed by atoms with E-state index < -0.39 is 16.0 Å². The standard InChI is InChI=1S/C14H20N2O4S/c1-10-7-12(14(17)20-2)3-4-13(10)21(18,19)16-6-5-11(8-15)9-16/h3-4,7,11H,5-6,8-9,15H2,1-2H3. The highest BCUT2D eigenvalue weighted by molar-refractivity contribution is 7.89. The van der Waals surface area contributed by atoms with E-state index in [0.29, 0.717) is 30.8 Å². The molecule has 1 aromatic rings. The lowest BCUT2D eigenvalue weighted by Gasteiger charge is -2.18. The number of nitrogens with zero attached hydrogens (tertiary/aromatic N) is 1. The third-order valence-electron chi connectivity index (χ3n) is 3.80. The molecule has 0 saturated carbocycles. The van der Waals surface area contributed by atoms with Crippen LogP contribution in [0.25, 0.3) is 0 Å². The molecule has 1 heterocycles. The predicted molar refractivity (Wildman–Crippen MR) is 78.4 cm³/mol. The average Bonchev–Trinajstić information content (AvgIpc) is 2.95. The summed E-state index contributed by atoms with van der Waals surface area (Å²) in [6.07, 6.45) is 0.787. The third-order valence-corrected chi connectivity index (χ3v) is 5.82. The Kier molecular flexibility index (Phi) is 4.65. The summed E-state index contributed by atoms with van der Waals surface area (Å²) in [6, 6.07) is 4.48. The molecule has 0 spiro atoms. The zero-order valence-corrected chi connectivity index (χ0v) is 13.0. The summed E-state index contributed by atoms with van der Waals surface area (Å²) >= 11 is 0. The molecule has 0 aromatic heterocycles. The van der Waals surface area contributed by atoms with Gasteiger partial charge in [-0.25, -0.2) is 13.2 Å². The van der Waals surface area contributed by atoms with E-state index >= 15 is 0 Å². The molecular weight excluding hydrogens is 292 g/mol. The Morgan fingerprint density at radius 3 is 2.71 bits per heavy atom. The first-order valence-electron chi connectivity index (χ1n) is 6.79. The molecular formula is C14H20N2O4S. The van der Waals surface area contributed by atoms with Gasteiger partial charge in [-0.3, -0.25) is 0 Å². The van der Waals surface area contributed by atoms with Crippen molar-refractivity contribution in [1.82, 2.24) is 4.31 Å². The van der Waals surface area contributed by atoms with Crippen LogP contribution < -0.4 is 5.73 Å². The molecule has 1 aliphatic heterocycles. The van der Waals surface area contributed by atoms with Crippen LogP contribution in [0.1, 0.15) is 22.3 Å². The third kappa shape index (κ3) is 3.09. The number of hydrogen-bond acceptors (Lipinski definition) is 5. The van der Waals surface area contributed by atoms with E-state index in [9.17, 15) is 13.2 Å². The van der Waals surface area contributed by atoms with E-state index in [-0.39, 0.29) is 10.8 Å². The van der Waals surface area contributed by atoms with Crippen LogP contribution in [0.4, 0.5) is 0 Å². The summed E-state index contributed by atoms with van der Waals surface area (Å²) in [4.78, 5) is 11.7. The lowest BCUT2D eigenvalue weighted by molar-refractivity contribution is 0.0600. The van der Waals surface area contributed by atoms with Gasteiger partial charge in [-0.05, 0) is 49.6 Å². The highest BCUT2D eigenvalue weighted by Crippen LogP contribution is 2.26. The summed E-state index contributed by atoms with van der Waals surface area (Å²) in [5, 5.41) is 0. The number of methoxy groups -OCH3 is 1. The summed E-state index contributed by atoms with van der Waals surface area (Å²) in [7, 11) is -2.24. The quantitative estimate of drug-likeness (QED) is 0.829. The Balaban J connectivity index is 2.31. The van der Waals surface area contributed by atoms with Gasteiger partial charge in [0, 0.05) is 13.1 Å². The van der Waals surface area contributed by atoms with Crippen molar-refractivity contribution in [3.63, 3.8) is 0 Å². The predicted octanol–water partition coefficient (Wildman–Crippen LogP) is 0.751. The lowest BCUT2D eigenvalue weighted by Crippen LogP contribution is -2.30. The number of carbonyl (C=O) groups is 1. The maximum atomic E-state index is 12.6. The molecule has 21 heavy (non-hydrogen) atoms. The molecule has 6 nitrogen and oxygen atoms in total. The molecule has 0 amide bonds. The zero-order chi connectivity index (χ0) is 15.6. The van der Waals surface area contributed by atoms with Crippen LogP contribution in [0.3, 0.4) is 0 Å². The van der Waals surface area contributed by atoms with Crippen LogP contribution >= 0.6 is 0 Å². The first-order valence-corrected chi connectivity index (χ1v) is 8.23. The summed E-state index contributed by atoms with van der Waals surface area (Å²) in [6.45, 7) is 3.11. The molecule has 0 aliphatic carbocycles. The monoisotopic (exact) mass is 312 g/mol. The van der Waals surface area contributed by atoms with Crippen molar-refractivity contribution in [3.8, 4) is 0 Å². The van der Waals surface area contributed by atoms with Crippen LogP contribution in [-0.2, 0) is 14.8 Å². The Labute approximate surface area is 124 Å². The van der Waals surface area contributed by atoms with Gasteiger partial charge in [0.25, 0.3) is 0 Å². The Morgan fingerprint density at radius 1 is 1.48 bits per heavy atom. The highest BCUT2D eigenvalue weighted by atomic mass is 32.2. The first kappa shape index (κ1) is 15.9. The maximum absolute atomic E-state index is 12.6. The van der Waals surface area contributed by atoms with Gasteiger partial charge in [-0.2, -0.15) is 4.31 Å². The van der Waals surface area contributed by atoms with Gasteiger partial charge in [0.15, 0.2) is 0 Å². The van der Waals surface area contributed by atoms with Gasteiger partial charge in [0.05, 0.1) is 17.6 Å². The van der Waals surface area contributed by atoms with Gasteiger partial charge in [-0.1, -0.05) is 0 Å². The largest absolute Gasteiger partial charge is 0.465 e. The van der Waals surface area contributed by atoms with Crippen molar-refractivity contribution >= 4 is 16.0 Å². The van der Waals surface area contributed by atoms with Crippen molar-refractivity contribution in [2.24, 2.45) is 11.7 Å². The molecule has 0 radical (unpaired) electrons. The van der Waals surface area contributed by atoms with Crippen molar-refractivity contribution in [2.45, 2.75) is 18.2 Å². The van der Waals surface area contributed by atoms with E-state index in [0.717, 1.165) is 6.42 Å². The molecule has 2 N–H and O–H groups in total. The van der Waals surface area contributed by atoms with E-state index in [2.05, 4.69) is 4.74 Å². The number of esters is 1. The van der Waals surface area contributed by atoms with Crippen molar-refractivity contribution in [3.05, 3.63) is 29.3 Å². The Morgan fingerprint density at radius 2 is 2.19 bits per heavy atom. The fraction of sp³-hybridized carbons (Fsp3) is 0.500. The molecule has 1 aliphatic rings. The van der Waals surface area contributed by atoms with Crippen LogP contribution in [0.5, 0.6) is 0 Å². The molecule has 0 bridgehead atoms. The molecule has 1 saturated heterocycles. The lowest BCUT2D eigenvalue weighted by atomic mass is 10.1. The highest BCUT2D eigenvalue weighted by Gasteiger charge is 2.32. The minimum atomic E-state index is -3.54. The normalized spacial score (nSPS) is 19.7. The molecule has 7 heteroatoms. The second-order valence-electron chi connectivity index (χ2n) is 5.23. The molecule has 1 fully saturated rings. The number of sulfonamides is 1. The summed E-state index contributed by atoms with van der Waals surface area (Å²) in [5.41, 5.74) is 6.48. The number of ether oxygens (including phenoxy) is 1. The van der Waals surface area contributed by atoms with Crippen LogP contribution in [0, 0.1) is 12.8 Å². The number of benzene rings is 1. The van der Waals surface area contributed by atoms with E-state index in [1.807, 2.05) is 0 Å². The molecule has 2 rings (SSSR count). The topological polar surface area (TPSA) is 89.7 Å². The summed E-state index contributed by atoms with van der Waals surface area (Å²) < 4.78 is 31.4. The second kappa shape index (κ2) is 6.13. The Bertz CT molecular complexity index is 642. The Hall–Kier alpha value is -1.44. The number of hydrogen-bond donors (Lipinski definition) is 1. The van der Waals surface area contributed by atoms with Crippen molar-refractivity contribution < 1.29 is 17.9 Å². The summed E-state index contributed by atoms with van der Waals surface area (Å²) in [5.74, 6) is -0.263. The van der Waals surface area contributed by atoms with E-state index in [1.54, 1.807) is 6.92 Å². The fourth-order valence-corrected chi connectivity index (χ4v) is 4.27. The average molecular weight is 312 g/mol. The van der Waals surface area contributed by atoms with E-state index in [1.165, 1.54) is 29.6 Å². The zero-order valence-electron chi connectivity index (χ0n) is 12.2. The number of aryl methyl sites for hydroxylation is 1. The fourth-order valence-electron chi connectivity index (χ4n) is 2.53. The van der Waals surface area contributed by atoms with Crippen molar-refractivity contribution in [1.29, 1.82) is 0 Å². The number of nitrogens with two attached hydrogens (primary N) is 1. The van der Waals surface area contributed by atoms with Gasteiger partial charge in [-0.15, -0.1) is 0 Å². The second-order valence-corrected chi connectivity index (χ2v) is 7.13. The molecule has 1 unspecified atom stereocenters. The maximum Gasteiger partial charge on any atom is 0.337 e. The van der Waals surface area contributed by atoms with Crippen LogP contribution in [0.15, 0.2) is 23.1 Å². The van der Waals surface area contributed by atoms with Gasteiger partial charge >= 0.3 is 5.97 Å². The van der Waals surface area contributed by atoms with Gasteiger partial charge in [0.2, 0.25) is 10.0 Å². The molecule has 1 atom stereocenters. The van der Waals surface area contributed by atoms with Gasteiger partial charge < -0.3 is 10.5 Å². The van der Waals surface area contributed by atoms with Crippen LogP contribution in [0.2, 0.25) is 0 Å².